The number of ether oxygens (including phenoxy) is 1. The van der Waals surface area contributed by atoms with Crippen LogP contribution in [0.4, 0.5) is 0 Å². The molecular weight excluding hydrogens is 290 g/mol. The minimum absolute atomic E-state index is 0.638. The van der Waals surface area contributed by atoms with E-state index in [-0.39, 0.29) is 0 Å². The summed E-state index contributed by atoms with van der Waals surface area (Å²) in [4.78, 5) is 8.77. The third-order valence-electron chi connectivity index (χ3n) is 3.22. The third-order valence-corrected chi connectivity index (χ3v) is 4.46. The third kappa shape index (κ3) is 2.25. The first-order valence-corrected chi connectivity index (χ1v) is 7.72. The van der Waals surface area contributed by atoms with Gasteiger partial charge in [-0.2, -0.15) is 0 Å². The van der Waals surface area contributed by atoms with Crippen molar-refractivity contribution in [2.24, 2.45) is 0 Å². The van der Waals surface area contributed by atoms with Gasteiger partial charge in [-0.3, -0.25) is 0 Å². The van der Waals surface area contributed by atoms with Gasteiger partial charge in [-0.25, -0.2) is 4.98 Å². The molecule has 0 radical (unpaired) electrons. The van der Waals surface area contributed by atoms with E-state index in [0.29, 0.717) is 11.4 Å². The molecule has 1 N–H and O–H groups in total. The predicted octanol–water partition coefficient (Wildman–Crippen LogP) is 3.91. The summed E-state index contributed by atoms with van der Waals surface area (Å²) < 4.78 is 8.45. The van der Waals surface area contributed by atoms with Crippen molar-refractivity contribution in [3.8, 4) is 5.75 Å². The van der Waals surface area contributed by atoms with Gasteiger partial charge >= 0.3 is 0 Å². The molecule has 104 valence electrons. The van der Waals surface area contributed by atoms with E-state index < -0.39 is 0 Å². The summed E-state index contributed by atoms with van der Waals surface area (Å²) in [5.74, 6) is 0.843. The molecule has 3 aromatic rings. The fraction of sp³-hybridized carbons (Fsp3) is 0.286. The van der Waals surface area contributed by atoms with Crippen molar-refractivity contribution < 1.29 is 4.74 Å². The lowest BCUT2D eigenvalue weighted by Gasteiger charge is -2.06. The van der Waals surface area contributed by atoms with Gasteiger partial charge in [0.25, 0.3) is 0 Å². The summed E-state index contributed by atoms with van der Waals surface area (Å²) in [6, 6.07) is 6.01. The van der Waals surface area contributed by atoms with Crippen LogP contribution >= 0.6 is 23.6 Å². The molecule has 2 aromatic heterocycles. The largest absolute Gasteiger partial charge is 0.492 e. The number of imidazole rings is 1. The van der Waals surface area contributed by atoms with Gasteiger partial charge in [0, 0.05) is 4.88 Å². The summed E-state index contributed by atoms with van der Waals surface area (Å²) in [7, 11) is 0. The first-order chi connectivity index (χ1) is 9.70. The summed E-state index contributed by atoms with van der Waals surface area (Å²) >= 11 is 7.11. The number of H-pyrrole nitrogens is 1. The molecule has 0 fully saturated rings. The molecule has 3 rings (SSSR count). The van der Waals surface area contributed by atoms with Crippen LogP contribution in [0.5, 0.6) is 5.75 Å². The van der Waals surface area contributed by atoms with Crippen LogP contribution in [0.2, 0.25) is 0 Å². The fourth-order valence-corrected chi connectivity index (χ4v) is 3.24. The summed E-state index contributed by atoms with van der Waals surface area (Å²) in [5.41, 5.74) is 4.96. The van der Waals surface area contributed by atoms with E-state index in [0.717, 1.165) is 29.0 Å². The Balaban J connectivity index is 2.12. The maximum Gasteiger partial charge on any atom is 0.178 e. The molecule has 0 aliphatic rings. The standard InChI is InChI=1S/C14H15N3OS2/c1-3-18-11-6-4-5-10-13(11)16-14(19)17(10)7-12-9(2)15-8-20-12/h4-6,8H,3,7H2,1-2H3,(H,16,19). The van der Waals surface area contributed by atoms with Gasteiger partial charge in [-0.1, -0.05) is 6.07 Å². The molecule has 1 aromatic carbocycles. The Labute approximate surface area is 126 Å². The van der Waals surface area contributed by atoms with Crippen LogP contribution in [-0.2, 0) is 6.54 Å². The minimum Gasteiger partial charge on any atom is -0.492 e. The smallest absolute Gasteiger partial charge is 0.178 e. The topological polar surface area (TPSA) is 42.8 Å². The Bertz CT molecular complexity index is 800. The number of benzene rings is 1. The quantitative estimate of drug-likeness (QED) is 0.743. The molecule has 0 saturated heterocycles. The average Bonchev–Trinajstić information content (AvgIpc) is 2.97. The number of aryl methyl sites for hydroxylation is 1. The van der Waals surface area contributed by atoms with Crippen molar-refractivity contribution in [2.45, 2.75) is 20.4 Å². The van der Waals surface area contributed by atoms with Crippen LogP contribution < -0.4 is 4.74 Å². The van der Waals surface area contributed by atoms with Gasteiger partial charge in [-0.05, 0) is 38.2 Å². The molecule has 0 aliphatic heterocycles. The highest BCUT2D eigenvalue weighted by Crippen LogP contribution is 2.26. The molecule has 20 heavy (non-hydrogen) atoms. The second-order valence-corrected chi connectivity index (χ2v) is 5.79. The fourth-order valence-electron chi connectivity index (χ4n) is 2.21. The normalized spacial score (nSPS) is 11.1. The number of nitrogens with zero attached hydrogens (tertiary/aromatic N) is 2. The number of hydrogen-bond donors (Lipinski definition) is 1. The van der Waals surface area contributed by atoms with Gasteiger partial charge in [0.15, 0.2) is 4.77 Å². The van der Waals surface area contributed by atoms with Crippen molar-refractivity contribution >= 4 is 34.6 Å². The van der Waals surface area contributed by atoms with E-state index in [1.165, 1.54) is 4.88 Å². The van der Waals surface area contributed by atoms with Crippen molar-refractivity contribution in [1.82, 2.24) is 14.5 Å². The molecule has 0 saturated carbocycles. The lowest BCUT2D eigenvalue weighted by Crippen LogP contribution is -1.99. The van der Waals surface area contributed by atoms with Crippen LogP contribution in [0.1, 0.15) is 17.5 Å². The van der Waals surface area contributed by atoms with Crippen molar-refractivity contribution in [3.63, 3.8) is 0 Å². The van der Waals surface area contributed by atoms with Gasteiger partial charge in [0.05, 0.1) is 29.9 Å². The van der Waals surface area contributed by atoms with Crippen LogP contribution in [0.25, 0.3) is 11.0 Å². The molecule has 0 bridgehead atoms. The molecule has 2 heterocycles. The summed E-state index contributed by atoms with van der Waals surface area (Å²) in [6.07, 6.45) is 0. The minimum atomic E-state index is 0.638. The number of rotatable bonds is 4. The van der Waals surface area contributed by atoms with Gasteiger partial charge in [0.1, 0.15) is 11.3 Å². The zero-order valence-corrected chi connectivity index (χ0v) is 13.0. The van der Waals surface area contributed by atoms with E-state index in [2.05, 4.69) is 20.6 Å². The Kier molecular flexibility index (Phi) is 3.58. The number of hydrogen-bond acceptors (Lipinski definition) is 4. The number of fused-ring (bicyclic) bond motifs is 1. The number of aromatic amines is 1. The number of nitrogens with one attached hydrogen (secondary N) is 1. The van der Waals surface area contributed by atoms with E-state index in [1.54, 1.807) is 11.3 Å². The van der Waals surface area contributed by atoms with Crippen molar-refractivity contribution in [2.75, 3.05) is 6.61 Å². The molecule has 0 unspecified atom stereocenters. The number of aromatic nitrogens is 3. The van der Waals surface area contributed by atoms with Crippen molar-refractivity contribution in [1.29, 1.82) is 0 Å². The average molecular weight is 305 g/mol. The molecule has 0 aliphatic carbocycles. The zero-order valence-electron chi connectivity index (χ0n) is 11.3. The molecule has 4 nitrogen and oxygen atoms in total. The monoisotopic (exact) mass is 305 g/mol. The van der Waals surface area contributed by atoms with E-state index in [9.17, 15) is 0 Å². The highest BCUT2D eigenvalue weighted by Gasteiger charge is 2.11. The maximum absolute atomic E-state index is 5.65. The second kappa shape index (κ2) is 5.38. The zero-order chi connectivity index (χ0) is 14.1. The SMILES string of the molecule is CCOc1cccc2c1[nH]c(=S)n2Cc1scnc1C. The van der Waals surface area contributed by atoms with Crippen molar-refractivity contribution in [3.05, 3.63) is 39.1 Å². The van der Waals surface area contributed by atoms with E-state index in [1.807, 2.05) is 31.5 Å². The Morgan fingerprint density at radius 3 is 3.00 bits per heavy atom. The number of para-hydroxylation sites is 1. The first kappa shape index (κ1) is 13.3. The molecule has 0 spiro atoms. The summed E-state index contributed by atoms with van der Waals surface area (Å²) in [5, 5.41) is 0. The van der Waals surface area contributed by atoms with Gasteiger partial charge in [0.2, 0.25) is 0 Å². The predicted molar refractivity (Wildman–Crippen MR) is 84.2 cm³/mol. The van der Waals surface area contributed by atoms with Gasteiger partial charge in [-0.15, -0.1) is 11.3 Å². The lowest BCUT2D eigenvalue weighted by molar-refractivity contribution is 0.343. The maximum atomic E-state index is 5.65. The Morgan fingerprint density at radius 1 is 1.45 bits per heavy atom. The molecule has 6 heteroatoms. The molecular formula is C14H15N3OS2. The van der Waals surface area contributed by atoms with Gasteiger partial charge < -0.3 is 14.3 Å². The molecule has 0 amide bonds. The van der Waals surface area contributed by atoms with Crippen LogP contribution in [-0.4, -0.2) is 21.1 Å². The van der Waals surface area contributed by atoms with E-state index >= 15 is 0 Å². The molecule has 0 atom stereocenters. The summed E-state index contributed by atoms with van der Waals surface area (Å²) in [6.45, 7) is 5.38. The van der Waals surface area contributed by atoms with E-state index in [4.69, 9.17) is 17.0 Å². The van der Waals surface area contributed by atoms with Crippen LogP contribution in [0.15, 0.2) is 23.7 Å². The highest BCUT2D eigenvalue weighted by molar-refractivity contribution is 7.71. The highest BCUT2D eigenvalue weighted by atomic mass is 32.1. The Morgan fingerprint density at radius 2 is 2.30 bits per heavy atom. The van der Waals surface area contributed by atoms with Crippen LogP contribution in [0.3, 0.4) is 0 Å². The first-order valence-electron chi connectivity index (χ1n) is 6.44. The lowest BCUT2D eigenvalue weighted by atomic mass is 10.3. The second-order valence-electron chi connectivity index (χ2n) is 4.46. The number of thiazole rings is 1. The Hall–Kier alpha value is -1.66. The van der Waals surface area contributed by atoms with Crippen LogP contribution in [0, 0.1) is 11.7 Å².